The number of fused-ring (bicyclic) bond motifs is 1. The molecule has 0 bridgehead atoms. The molecule has 0 radical (unpaired) electrons. The van der Waals surface area contributed by atoms with Crippen molar-refractivity contribution >= 4 is 16.7 Å². The van der Waals surface area contributed by atoms with Crippen molar-refractivity contribution in [2.75, 3.05) is 0 Å². The van der Waals surface area contributed by atoms with Gasteiger partial charge in [-0.25, -0.2) is 13.6 Å². The monoisotopic (exact) mass is 382 g/mol. The molecule has 2 nitrogen and oxygen atoms in total. The predicted molar refractivity (Wildman–Crippen MR) is 108 cm³/mol. The van der Waals surface area contributed by atoms with Gasteiger partial charge in [-0.15, -0.1) is 0 Å². The van der Waals surface area contributed by atoms with Crippen LogP contribution in [0.3, 0.4) is 0 Å². The topological polar surface area (TPSA) is 37.3 Å². The van der Waals surface area contributed by atoms with Gasteiger partial charge in [-0.3, -0.25) is 0 Å². The lowest BCUT2D eigenvalue weighted by Crippen LogP contribution is -2.09. The first-order valence-electron chi connectivity index (χ1n) is 9.46. The summed E-state index contributed by atoms with van der Waals surface area (Å²) in [4.78, 5) is 10.9. The molecule has 0 spiro atoms. The number of carbonyl (C=O) groups is 1. The van der Waals surface area contributed by atoms with Gasteiger partial charge in [-0.1, -0.05) is 60.5 Å². The second-order valence-electron chi connectivity index (χ2n) is 7.47. The largest absolute Gasteiger partial charge is 0.478 e. The fraction of sp³-hybridized carbons (Fsp3) is 0.292. The molecule has 0 amide bonds. The van der Waals surface area contributed by atoms with Gasteiger partial charge in [0.25, 0.3) is 5.92 Å². The third kappa shape index (κ3) is 4.56. The highest BCUT2D eigenvalue weighted by molar-refractivity contribution is 5.95. The van der Waals surface area contributed by atoms with Crippen LogP contribution in [-0.2, 0) is 5.92 Å². The van der Waals surface area contributed by atoms with Gasteiger partial charge in [0.15, 0.2) is 0 Å². The molecular formula is C24H24F2O2. The van der Waals surface area contributed by atoms with E-state index < -0.39 is 11.9 Å². The maximum Gasteiger partial charge on any atom is 0.335 e. The number of hydrogen-bond acceptors (Lipinski definition) is 1. The first kappa shape index (κ1) is 20.0. The fourth-order valence-corrected chi connectivity index (χ4v) is 3.36. The zero-order chi connectivity index (χ0) is 20.3. The van der Waals surface area contributed by atoms with Crippen molar-refractivity contribution in [1.29, 1.82) is 0 Å². The van der Waals surface area contributed by atoms with Crippen molar-refractivity contribution in [3.8, 4) is 0 Å². The third-order valence-electron chi connectivity index (χ3n) is 5.26. The summed E-state index contributed by atoms with van der Waals surface area (Å²) < 4.78 is 25.2. The number of alkyl halides is 2. The van der Waals surface area contributed by atoms with Gasteiger partial charge in [0, 0.05) is 12.5 Å². The molecule has 0 unspecified atom stereocenters. The Balaban J connectivity index is 0.000000178. The van der Waals surface area contributed by atoms with Gasteiger partial charge in [0.1, 0.15) is 0 Å². The molecule has 1 saturated carbocycles. The lowest BCUT2D eigenvalue weighted by atomic mass is 9.78. The average molecular weight is 382 g/mol. The molecule has 1 aliphatic carbocycles. The Hall–Kier alpha value is -2.75. The van der Waals surface area contributed by atoms with E-state index in [9.17, 15) is 13.6 Å². The van der Waals surface area contributed by atoms with Crippen molar-refractivity contribution in [2.45, 2.75) is 45.0 Å². The lowest BCUT2D eigenvalue weighted by molar-refractivity contribution is 0.0174. The van der Waals surface area contributed by atoms with Crippen LogP contribution in [0.2, 0.25) is 0 Å². The predicted octanol–water partition coefficient (Wildman–Crippen LogP) is 6.91. The van der Waals surface area contributed by atoms with E-state index in [0.29, 0.717) is 11.5 Å². The normalized spacial score (nSPS) is 14.1. The number of rotatable bonds is 3. The Morgan fingerprint density at radius 1 is 1.04 bits per heavy atom. The number of aryl methyl sites for hydroxylation is 1. The number of halogens is 2. The molecule has 4 rings (SSSR count). The van der Waals surface area contributed by atoms with E-state index in [4.69, 9.17) is 5.11 Å². The summed E-state index contributed by atoms with van der Waals surface area (Å²) in [6, 6.07) is 17.9. The fourth-order valence-electron chi connectivity index (χ4n) is 3.36. The van der Waals surface area contributed by atoms with Crippen molar-refractivity contribution < 1.29 is 18.7 Å². The van der Waals surface area contributed by atoms with Gasteiger partial charge in [0.2, 0.25) is 0 Å². The highest BCUT2D eigenvalue weighted by atomic mass is 19.3. The zero-order valence-corrected chi connectivity index (χ0v) is 16.1. The number of benzene rings is 3. The third-order valence-corrected chi connectivity index (χ3v) is 5.26. The first-order chi connectivity index (χ1) is 13.3. The zero-order valence-electron chi connectivity index (χ0n) is 16.1. The Bertz CT molecular complexity index is 968. The van der Waals surface area contributed by atoms with Crippen LogP contribution in [0.15, 0.2) is 60.7 Å². The lowest BCUT2D eigenvalue weighted by Gasteiger charge is -2.27. The van der Waals surface area contributed by atoms with Crippen LogP contribution in [0.25, 0.3) is 10.8 Å². The summed E-state index contributed by atoms with van der Waals surface area (Å²) in [6.45, 7) is 2.77. The molecule has 1 fully saturated rings. The van der Waals surface area contributed by atoms with E-state index in [1.165, 1.54) is 42.3 Å². The molecule has 4 heteroatoms. The summed E-state index contributed by atoms with van der Waals surface area (Å²) in [5.74, 6) is -2.90. The molecule has 3 aromatic carbocycles. The first-order valence-corrected chi connectivity index (χ1v) is 9.46. The molecule has 0 aliphatic heterocycles. The second kappa shape index (κ2) is 8.09. The van der Waals surface area contributed by atoms with Crippen LogP contribution in [-0.4, -0.2) is 11.1 Å². The minimum atomic E-state index is -2.71. The van der Waals surface area contributed by atoms with Crippen molar-refractivity contribution in [1.82, 2.24) is 0 Å². The van der Waals surface area contributed by atoms with Gasteiger partial charge < -0.3 is 5.11 Å². The summed E-state index contributed by atoms with van der Waals surface area (Å²) in [6.07, 6.45) is 3.84. The van der Waals surface area contributed by atoms with Gasteiger partial charge in [-0.05, 0) is 54.2 Å². The molecule has 0 heterocycles. The molecule has 28 heavy (non-hydrogen) atoms. The van der Waals surface area contributed by atoms with Crippen LogP contribution in [0.4, 0.5) is 8.78 Å². The van der Waals surface area contributed by atoms with Crippen molar-refractivity contribution in [3.63, 3.8) is 0 Å². The molecule has 1 N–H and O–H groups in total. The Morgan fingerprint density at radius 3 is 2.25 bits per heavy atom. The number of hydrogen-bond donors (Lipinski definition) is 1. The van der Waals surface area contributed by atoms with Crippen LogP contribution < -0.4 is 0 Å². The number of aromatic carboxylic acids is 1. The molecule has 1 aliphatic rings. The molecule has 3 aromatic rings. The summed E-state index contributed by atoms with van der Waals surface area (Å²) in [5.41, 5.74) is 2.81. The van der Waals surface area contributed by atoms with E-state index in [-0.39, 0.29) is 5.56 Å². The van der Waals surface area contributed by atoms with Gasteiger partial charge in [-0.2, -0.15) is 0 Å². The van der Waals surface area contributed by atoms with E-state index in [0.717, 1.165) is 17.9 Å². The van der Waals surface area contributed by atoms with Crippen LogP contribution in [0, 0.1) is 6.92 Å². The maximum absolute atomic E-state index is 12.6. The molecular weight excluding hydrogens is 358 g/mol. The Morgan fingerprint density at radius 2 is 1.71 bits per heavy atom. The van der Waals surface area contributed by atoms with Crippen LogP contribution >= 0.6 is 0 Å². The summed E-state index contributed by atoms with van der Waals surface area (Å²) in [5, 5.41) is 11.2. The standard InChI is InChI=1S/C15H14O2.C9H10F2/c16-15(17)12-7-8-14-11(9-12)5-2-6-13(14)10-3-1-4-10;1-7-3-5-8(6-4-7)9(2,10)11/h2,5-10H,1,3-4H2,(H,16,17);3-6H,1-2H3. The number of carboxylic acid groups (broad SMARTS) is 1. The van der Waals surface area contributed by atoms with E-state index >= 15 is 0 Å². The number of carboxylic acids is 1. The molecule has 0 saturated heterocycles. The average Bonchev–Trinajstić information content (AvgIpc) is 2.60. The van der Waals surface area contributed by atoms with Crippen molar-refractivity contribution in [2.24, 2.45) is 0 Å². The molecule has 0 aromatic heterocycles. The SMILES string of the molecule is Cc1ccc(C(C)(F)F)cc1.O=C(O)c1ccc2c(C3CCC3)cccc2c1. The minimum absolute atomic E-state index is 0.0723. The maximum atomic E-state index is 12.6. The van der Waals surface area contributed by atoms with Crippen LogP contribution in [0.1, 0.15) is 59.2 Å². The van der Waals surface area contributed by atoms with Crippen molar-refractivity contribution in [3.05, 3.63) is 82.9 Å². The van der Waals surface area contributed by atoms with E-state index in [2.05, 4.69) is 6.07 Å². The van der Waals surface area contributed by atoms with Gasteiger partial charge >= 0.3 is 5.97 Å². The van der Waals surface area contributed by atoms with Crippen LogP contribution in [0.5, 0.6) is 0 Å². The highest BCUT2D eigenvalue weighted by Gasteiger charge is 2.23. The van der Waals surface area contributed by atoms with Gasteiger partial charge in [0.05, 0.1) is 5.56 Å². The second-order valence-corrected chi connectivity index (χ2v) is 7.47. The summed E-state index contributed by atoms with van der Waals surface area (Å²) >= 11 is 0. The van der Waals surface area contributed by atoms with E-state index in [1.807, 2.05) is 25.1 Å². The van der Waals surface area contributed by atoms with E-state index in [1.54, 1.807) is 24.3 Å². The molecule has 146 valence electrons. The highest BCUT2D eigenvalue weighted by Crippen LogP contribution is 2.39. The smallest absolute Gasteiger partial charge is 0.335 e. The Labute approximate surface area is 163 Å². The molecule has 0 atom stereocenters. The minimum Gasteiger partial charge on any atom is -0.478 e. The Kier molecular flexibility index (Phi) is 5.78. The summed E-state index contributed by atoms with van der Waals surface area (Å²) in [7, 11) is 0. The quantitative estimate of drug-likeness (QED) is 0.534.